The molecule has 2 aliphatic carbocycles. The number of amides is 4. The normalized spacial score (nSPS) is 33.6. The molecule has 4 amide bonds. The first-order valence-electron chi connectivity index (χ1n) is 15.1. The van der Waals surface area contributed by atoms with E-state index < -0.39 is 90.1 Å². The number of alkyl halides is 2. The fourth-order valence-corrected chi connectivity index (χ4v) is 8.05. The van der Waals surface area contributed by atoms with Gasteiger partial charge in [0.2, 0.25) is 17.4 Å². The largest absolute Gasteiger partial charge is 0.471 e. The van der Waals surface area contributed by atoms with Crippen LogP contribution < -0.4 is 15.4 Å². The quantitative estimate of drug-likeness (QED) is 0.502. The number of hydrogen-bond donors (Lipinski definition) is 2. The van der Waals surface area contributed by atoms with Gasteiger partial charge in [0.15, 0.2) is 11.6 Å². The highest BCUT2D eigenvalue weighted by Crippen LogP contribution is 2.59. The predicted molar refractivity (Wildman–Crippen MR) is 149 cm³/mol. The summed E-state index contributed by atoms with van der Waals surface area (Å²) < 4.78 is 52.6. The van der Waals surface area contributed by atoms with Gasteiger partial charge in [0, 0.05) is 19.0 Å². The van der Waals surface area contributed by atoms with E-state index in [0.717, 1.165) is 12.3 Å². The van der Waals surface area contributed by atoms with Crippen molar-refractivity contribution in [3.8, 4) is 11.8 Å². The van der Waals surface area contributed by atoms with E-state index in [-0.39, 0.29) is 42.9 Å². The van der Waals surface area contributed by atoms with Gasteiger partial charge >= 0.3 is 6.09 Å². The van der Waals surface area contributed by atoms with E-state index in [1.54, 1.807) is 20.8 Å². The van der Waals surface area contributed by atoms with Gasteiger partial charge in [-0.2, -0.15) is 5.26 Å². The summed E-state index contributed by atoms with van der Waals surface area (Å²) in [4.78, 5) is 61.0. The Balaban J connectivity index is 1.33. The van der Waals surface area contributed by atoms with Crippen LogP contribution in [-0.4, -0.2) is 94.9 Å². The first-order chi connectivity index (χ1) is 21.3. The molecule has 45 heavy (non-hydrogen) atoms. The lowest BCUT2D eigenvalue weighted by atomic mass is 9.77. The van der Waals surface area contributed by atoms with Gasteiger partial charge < -0.3 is 29.9 Å². The number of likely N-dealkylation sites (tertiary alicyclic amines) is 2. The Hall–Kier alpha value is -4.09. The van der Waals surface area contributed by atoms with E-state index >= 15 is 4.39 Å². The second kappa shape index (κ2) is 11.1. The number of nitrogens with one attached hydrogen (secondary N) is 2. The van der Waals surface area contributed by atoms with Gasteiger partial charge in [-0.3, -0.25) is 14.4 Å². The standard InChI is InChI=1S/C30H35F3N6O6/c1-29(2,3)23(36-28(43)44-5-4-31)26(41)38-12-18-14-6-17(19(33)7-14)21(18)22(38)25(40)39-13-30(9-16(39)10-34)27(42)37-24-20(45-30)8-15(32)11-35-24/h8,11,14,16-19,21-23H,4-7,9,12-13H2,1-3H3,(H,36,43)(H,35,37,42). The molecule has 15 heteroatoms. The molecule has 9 atom stereocenters. The van der Waals surface area contributed by atoms with E-state index in [1.807, 2.05) is 0 Å². The molecule has 0 aromatic carbocycles. The fraction of sp³-hybridized carbons (Fsp3) is 0.667. The zero-order valence-electron chi connectivity index (χ0n) is 25.1. The van der Waals surface area contributed by atoms with Crippen LogP contribution in [0.15, 0.2) is 12.3 Å². The summed E-state index contributed by atoms with van der Waals surface area (Å²) in [5.41, 5.74) is -2.59. The highest BCUT2D eigenvalue weighted by Gasteiger charge is 2.65. The maximum atomic E-state index is 15.2. The highest BCUT2D eigenvalue weighted by atomic mass is 19.1. The van der Waals surface area contributed by atoms with Crippen LogP contribution in [0.3, 0.4) is 0 Å². The average molecular weight is 633 g/mol. The molecule has 2 N–H and O–H groups in total. The summed E-state index contributed by atoms with van der Waals surface area (Å²) in [6, 6.07) is -0.390. The van der Waals surface area contributed by atoms with Gasteiger partial charge in [-0.15, -0.1) is 0 Å². The summed E-state index contributed by atoms with van der Waals surface area (Å²) in [6.45, 7) is 3.51. The van der Waals surface area contributed by atoms with Crippen molar-refractivity contribution in [1.29, 1.82) is 5.26 Å². The van der Waals surface area contributed by atoms with E-state index in [1.165, 1.54) is 9.80 Å². The van der Waals surface area contributed by atoms with E-state index in [0.29, 0.717) is 12.8 Å². The molecule has 9 unspecified atom stereocenters. The average Bonchev–Trinajstić information content (AvgIpc) is 3.74. The van der Waals surface area contributed by atoms with E-state index in [4.69, 9.17) is 9.47 Å². The van der Waals surface area contributed by atoms with Crippen LogP contribution in [0, 0.1) is 46.2 Å². The minimum atomic E-state index is -1.72. The van der Waals surface area contributed by atoms with Crippen LogP contribution >= 0.6 is 0 Å². The van der Waals surface area contributed by atoms with Crippen LogP contribution in [0.5, 0.6) is 5.75 Å². The fourth-order valence-electron chi connectivity index (χ4n) is 8.05. The molecule has 4 heterocycles. The summed E-state index contributed by atoms with van der Waals surface area (Å²) in [5.74, 6) is -3.87. The Morgan fingerprint density at radius 2 is 2.04 bits per heavy atom. The number of hydrogen-bond acceptors (Lipinski definition) is 8. The molecule has 3 aliphatic heterocycles. The van der Waals surface area contributed by atoms with Crippen molar-refractivity contribution in [2.75, 3.05) is 31.7 Å². The number of carbonyl (C=O) groups excluding carboxylic acids is 4. The Bertz CT molecular complexity index is 1470. The monoisotopic (exact) mass is 632 g/mol. The van der Waals surface area contributed by atoms with Crippen molar-refractivity contribution in [3.05, 3.63) is 18.1 Å². The van der Waals surface area contributed by atoms with Gasteiger partial charge in [0.05, 0.1) is 18.8 Å². The maximum Gasteiger partial charge on any atom is 0.407 e. The number of anilines is 1. The molecule has 6 rings (SSSR count). The number of fused-ring (bicyclic) bond motifs is 6. The van der Waals surface area contributed by atoms with Crippen LogP contribution in [0.1, 0.15) is 40.0 Å². The summed E-state index contributed by atoms with van der Waals surface area (Å²) in [5, 5.41) is 15.2. The number of halogens is 3. The van der Waals surface area contributed by atoms with Crippen molar-refractivity contribution in [1.82, 2.24) is 20.1 Å². The van der Waals surface area contributed by atoms with Crippen molar-refractivity contribution in [3.63, 3.8) is 0 Å². The Morgan fingerprint density at radius 3 is 2.73 bits per heavy atom. The third-order valence-electron chi connectivity index (χ3n) is 10.0. The molecule has 1 aromatic heterocycles. The minimum Gasteiger partial charge on any atom is -0.471 e. The molecule has 0 radical (unpaired) electrons. The number of alkyl carbamates (subject to hydrolysis) is 1. The molecule has 5 aliphatic rings. The molecule has 2 bridgehead atoms. The van der Waals surface area contributed by atoms with Gasteiger partial charge in [0.25, 0.3) is 5.91 Å². The molecule has 4 fully saturated rings. The molecule has 1 aromatic rings. The van der Waals surface area contributed by atoms with Crippen LogP contribution in [-0.2, 0) is 19.1 Å². The van der Waals surface area contributed by atoms with Gasteiger partial charge in [-0.1, -0.05) is 20.8 Å². The van der Waals surface area contributed by atoms with Crippen molar-refractivity contribution < 1.29 is 41.8 Å². The van der Waals surface area contributed by atoms with E-state index in [2.05, 4.69) is 21.7 Å². The number of rotatable bonds is 5. The zero-order chi connectivity index (χ0) is 32.4. The van der Waals surface area contributed by atoms with Crippen LogP contribution in [0.4, 0.5) is 23.8 Å². The number of carbonyl (C=O) groups is 4. The molecule has 12 nitrogen and oxygen atoms in total. The maximum absolute atomic E-state index is 15.2. The lowest BCUT2D eigenvalue weighted by Crippen LogP contribution is -2.60. The molecular formula is C30H35F3N6O6. The van der Waals surface area contributed by atoms with Crippen LogP contribution in [0.25, 0.3) is 0 Å². The van der Waals surface area contributed by atoms with Crippen molar-refractivity contribution >= 4 is 29.6 Å². The number of nitrogens with zero attached hydrogens (tertiary/aromatic N) is 4. The third-order valence-corrected chi connectivity index (χ3v) is 10.0. The molecule has 242 valence electrons. The first-order valence-corrected chi connectivity index (χ1v) is 15.1. The smallest absolute Gasteiger partial charge is 0.407 e. The minimum absolute atomic E-state index is 0.00227. The summed E-state index contributed by atoms with van der Waals surface area (Å²) in [7, 11) is 0. The Morgan fingerprint density at radius 1 is 1.29 bits per heavy atom. The van der Waals surface area contributed by atoms with Gasteiger partial charge in [-0.05, 0) is 41.9 Å². The summed E-state index contributed by atoms with van der Waals surface area (Å²) in [6.07, 6.45) is -0.557. The summed E-state index contributed by atoms with van der Waals surface area (Å²) >= 11 is 0. The molecule has 2 saturated heterocycles. The van der Waals surface area contributed by atoms with Gasteiger partial charge in [-0.25, -0.2) is 22.9 Å². The third kappa shape index (κ3) is 5.11. The number of nitriles is 1. The van der Waals surface area contributed by atoms with Crippen molar-refractivity contribution in [2.45, 2.75) is 69.9 Å². The lowest BCUT2D eigenvalue weighted by Gasteiger charge is -2.38. The second-order valence-corrected chi connectivity index (χ2v) is 13.7. The number of aromatic nitrogens is 1. The molecule has 1 spiro atoms. The number of pyridine rings is 1. The topological polar surface area (TPSA) is 154 Å². The Kier molecular flexibility index (Phi) is 7.60. The van der Waals surface area contributed by atoms with Crippen molar-refractivity contribution in [2.24, 2.45) is 29.1 Å². The highest BCUT2D eigenvalue weighted by molar-refractivity contribution is 6.01. The first kappa shape index (κ1) is 30.9. The SMILES string of the molecule is CC(C)(C)C(NC(=O)OCCF)C(=O)N1CC2C3CC(F)C(C3)C2C1C(=O)N1CC2(CC1C#N)Oc1cc(F)cnc1NC2=O. The second-order valence-electron chi connectivity index (χ2n) is 13.7. The zero-order valence-corrected chi connectivity index (χ0v) is 25.1. The predicted octanol–water partition coefficient (Wildman–Crippen LogP) is 2.35. The molecule has 2 saturated carbocycles. The Labute approximate surface area is 257 Å². The number of ether oxygens (including phenoxy) is 2. The lowest BCUT2D eigenvalue weighted by molar-refractivity contribution is -0.149. The van der Waals surface area contributed by atoms with E-state index in [9.17, 15) is 33.2 Å². The van der Waals surface area contributed by atoms with Crippen LogP contribution in [0.2, 0.25) is 0 Å². The molecular weight excluding hydrogens is 597 g/mol. The van der Waals surface area contributed by atoms with Gasteiger partial charge in [0.1, 0.15) is 43.4 Å².